The van der Waals surface area contributed by atoms with Gasteiger partial charge in [-0.15, -0.1) is 0 Å². The van der Waals surface area contributed by atoms with E-state index in [0.717, 1.165) is 18.9 Å². The maximum absolute atomic E-state index is 10.9. The first-order chi connectivity index (χ1) is 6.69. The predicted octanol–water partition coefficient (Wildman–Crippen LogP) is 1.03. The number of nitrogens with two attached hydrogens (primary N) is 1. The molecule has 2 N–H and O–H groups in total. The van der Waals surface area contributed by atoms with Crippen LogP contribution in [0.5, 0.6) is 0 Å². The summed E-state index contributed by atoms with van der Waals surface area (Å²) >= 11 is 0. The Bertz CT molecular complexity index is 321. The van der Waals surface area contributed by atoms with Crippen molar-refractivity contribution in [1.29, 1.82) is 0 Å². The zero-order valence-electron chi connectivity index (χ0n) is 8.53. The molecule has 1 amide bonds. The molecule has 0 spiro atoms. The number of amides is 1. The van der Waals surface area contributed by atoms with Crippen LogP contribution in [0.2, 0.25) is 0 Å². The summed E-state index contributed by atoms with van der Waals surface area (Å²) in [7, 11) is 0. The van der Waals surface area contributed by atoms with Crippen molar-refractivity contribution in [3.05, 3.63) is 23.9 Å². The number of anilines is 1. The molecule has 0 bridgehead atoms. The van der Waals surface area contributed by atoms with Gasteiger partial charge in [0.25, 0.3) is 5.91 Å². The van der Waals surface area contributed by atoms with Gasteiger partial charge >= 0.3 is 0 Å². The van der Waals surface area contributed by atoms with Crippen molar-refractivity contribution < 1.29 is 4.79 Å². The van der Waals surface area contributed by atoms with Crippen molar-refractivity contribution in [2.45, 2.75) is 13.8 Å². The number of pyridine rings is 1. The third-order valence-corrected chi connectivity index (χ3v) is 2.07. The second-order valence-corrected chi connectivity index (χ2v) is 2.92. The highest BCUT2D eigenvalue weighted by molar-refractivity contribution is 5.91. The van der Waals surface area contributed by atoms with Crippen LogP contribution in [0.4, 0.5) is 5.82 Å². The number of carbonyl (C=O) groups is 1. The Labute approximate surface area is 83.7 Å². The smallest absolute Gasteiger partial charge is 0.267 e. The number of aromatic nitrogens is 1. The first-order valence-electron chi connectivity index (χ1n) is 4.70. The van der Waals surface area contributed by atoms with Crippen LogP contribution in [-0.2, 0) is 0 Å². The largest absolute Gasteiger partial charge is 0.364 e. The Morgan fingerprint density at radius 3 is 2.57 bits per heavy atom. The molecule has 0 fully saturated rings. The van der Waals surface area contributed by atoms with Crippen LogP contribution < -0.4 is 10.6 Å². The minimum Gasteiger partial charge on any atom is -0.364 e. The molecule has 0 aliphatic carbocycles. The van der Waals surface area contributed by atoms with E-state index in [1.54, 1.807) is 12.1 Å². The molecule has 76 valence electrons. The van der Waals surface area contributed by atoms with E-state index in [4.69, 9.17) is 5.73 Å². The fourth-order valence-electron chi connectivity index (χ4n) is 1.28. The van der Waals surface area contributed by atoms with Gasteiger partial charge in [-0.25, -0.2) is 4.98 Å². The van der Waals surface area contributed by atoms with E-state index in [-0.39, 0.29) is 0 Å². The van der Waals surface area contributed by atoms with Crippen molar-refractivity contribution >= 4 is 11.7 Å². The Morgan fingerprint density at radius 2 is 2.07 bits per heavy atom. The molecule has 0 radical (unpaired) electrons. The highest BCUT2D eigenvalue weighted by Gasteiger charge is 2.06. The van der Waals surface area contributed by atoms with Gasteiger partial charge in [-0.1, -0.05) is 6.07 Å². The van der Waals surface area contributed by atoms with Crippen LogP contribution in [-0.4, -0.2) is 24.0 Å². The summed E-state index contributed by atoms with van der Waals surface area (Å²) in [6.07, 6.45) is 0. The predicted molar refractivity (Wildman–Crippen MR) is 56.3 cm³/mol. The molecule has 0 aromatic carbocycles. The molecule has 1 heterocycles. The van der Waals surface area contributed by atoms with Crippen LogP contribution >= 0.6 is 0 Å². The summed E-state index contributed by atoms with van der Waals surface area (Å²) in [5, 5.41) is 0. The third kappa shape index (κ3) is 2.22. The van der Waals surface area contributed by atoms with Crippen molar-refractivity contribution in [2.75, 3.05) is 18.0 Å². The maximum Gasteiger partial charge on any atom is 0.267 e. The Balaban J connectivity index is 2.98. The van der Waals surface area contributed by atoms with E-state index >= 15 is 0 Å². The van der Waals surface area contributed by atoms with Crippen molar-refractivity contribution in [1.82, 2.24) is 4.98 Å². The highest BCUT2D eigenvalue weighted by atomic mass is 16.1. The maximum atomic E-state index is 10.9. The molecule has 1 aromatic rings. The van der Waals surface area contributed by atoms with Gasteiger partial charge in [0.1, 0.15) is 11.5 Å². The molecule has 4 heteroatoms. The van der Waals surface area contributed by atoms with Gasteiger partial charge in [-0.3, -0.25) is 4.79 Å². The lowest BCUT2D eigenvalue weighted by molar-refractivity contribution is 0.0995. The van der Waals surface area contributed by atoms with Crippen molar-refractivity contribution in [3.8, 4) is 0 Å². The van der Waals surface area contributed by atoms with Crippen LogP contribution in [0.25, 0.3) is 0 Å². The monoisotopic (exact) mass is 193 g/mol. The summed E-state index contributed by atoms with van der Waals surface area (Å²) in [6.45, 7) is 5.82. The SMILES string of the molecule is CCN(CC)c1cccc(C(N)=O)n1. The first-order valence-corrected chi connectivity index (χ1v) is 4.70. The first kappa shape index (κ1) is 10.5. The minimum absolute atomic E-state index is 0.314. The lowest BCUT2D eigenvalue weighted by Gasteiger charge is -2.19. The highest BCUT2D eigenvalue weighted by Crippen LogP contribution is 2.10. The minimum atomic E-state index is -0.487. The van der Waals surface area contributed by atoms with Crippen molar-refractivity contribution in [2.24, 2.45) is 5.73 Å². The van der Waals surface area contributed by atoms with E-state index < -0.39 is 5.91 Å². The average molecular weight is 193 g/mol. The van der Waals surface area contributed by atoms with Crippen LogP contribution in [0.15, 0.2) is 18.2 Å². The molecule has 14 heavy (non-hydrogen) atoms. The molecule has 0 atom stereocenters. The van der Waals surface area contributed by atoms with Gasteiger partial charge in [-0.05, 0) is 26.0 Å². The summed E-state index contributed by atoms with van der Waals surface area (Å²) in [4.78, 5) is 17.1. The van der Waals surface area contributed by atoms with Gasteiger partial charge in [0.05, 0.1) is 0 Å². The van der Waals surface area contributed by atoms with E-state index in [1.165, 1.54) is 0 Å². The van der Waals surface area contributed by atoms with Gasteiger partial charge in [0, 0.05) is 13.1 Å². The number of hydrogen-bond acceptors (Lipinski definition) is 3. The van der Waals surface area contributed by atoms with Gasteiger partial charge in [0.15, 0.2) is 0 Å². The topological polar surface area (TPSA) is 59.2 Å². The molecule has 1 rings (SSSR count). The molecular weight excluding hydrogens is 178 g/mol. The molecule has 4 nitrogen and oxygen atoms in total. The summed E-state index contributed by atoms with van der Waals surface area (Å²) in [5.41, 5.74) is 5.46. The van der Waals surface area contributed by atoms with E-state index in [9.17, 15) is 4.79 Å². The number of rotatable bonds is 4. The number of nitrogens with zero attached hydrogens (tertiary/aromatic N) is 2. The van der Waals surface area contributed by atoms with E-state index in [0.29, 0.717) is 5.69 Å². The lowest BCUT2D eigenvalue weighted by Crippen LogP contribution is -2.24. The molecule has 0 saturated carbocycles. The molecule has 0 aliphatic heterocycles. The van der Waals surface area contributed by atoms with Crippen LogP contribution in [0, 0.1) is 0 Å². The lowest BCUT2D eigenvalue weighted by atomic mass is 10.3. The van der Waals surface area contributed by atoms with E-state index in [1.807, 2.05) is 19.9 Å². The number of primary amides is 1. The second-order valence-electron chi connectivity index (χ2n) is 2.92. The number of hydrogen-bond donors (Lipinski definition) is 1. The summed E-state index contributed by atoms with van der Waals surface area (Å²) < 4.78 is 0. The third-order valence-electron chi connectivity index (χ3n) is 2.07. The fourth-order valence-corrected chi connectivity index (χ4v) is 1.28. The summed E-state index contributed by atoms with van der Waals surface area (Å²) in [5.74, 6) is 0.310. The molecular formula is C10H15N3O. The van der Waals surface area contributed by atoms with Gasteiger partial charge in [-0.2, -0.15) is 0 Å². The quantitative estimate of drug-likeness (QED) is 0.776. The normalized spacial score (nSPS) is 9.86. The van der Waals surface area contributed by atoms with Crippen LogP contribution in [0.3, 0.4) is 0 Å². The number of carbonyl (C=O) groups excluding carboxylic acids is 1. The molecule has 0 unspecified atom stereocenters. The second kappa shape index (κ2) is 4.60. The van der Waals surface area contributed by atoms with E-state index in [2.05, 4.69) is 9.88 Å². The zero-order valence-corrected chi connectivity index (χ0v) is 8.53. The zero-order chi connectivity index (χ0) is 10.6. The fraction of sp³-hybridized carbons (Fsp3) is 0.400. The Hall–Kier alpha value is -1.58. The Kier molecular flexibility index (Phi) is 3.45. The standard InChI is InChI=1S/C10H15N3O/c1-3-13(4-2)9-7-5-6-8(12-9)10(11)14/h5-7H,3-4H2,1-2H3,(H2,11,14). The van der Waals surface area contributed by atoms with Gasteiger partial charge in [0.2, 0.25) is 0 Å². The Morgan fingerprint density at radius 1 is 1.43 bits per heavy atom. The average Bonchev–Trinajstić information content (AvgIpc) is 2.20. The molecule has 0 saturated heterocycles. The summed E-state index contributed by atoms with van der Waals surface area (Å²) in [6, 6.07) is 5.29. The van der Waals surface area contributed by atoms with Crippen LogP contribution in [0.1, 0.15) is 24.3 Å². The van der Waals surface area contributed by atoms with Crippen molar-refractivity contribution in [3.63, 3.8) is 0 Å². The molecule has 0 aliphatic rings. The van der Waals surface area contributed by atoms with Gasteiger partial charge < -0.3 is 10.6 Å². The molecule has 1 aromatic heterocycles.